The molecule has 1 nitrogen and oxygen atoms in total. The number of halogens is 2. The van der Waals surface area contributed by atoms with Crippen molar-refractivity contribution < 1.29 is 9.13 Å². The van der Waals surface area contributed by atoms with Crippen LogP contribution >= 0.6 is 15.9 Å². The summed E-state index contributed by atoms with van der Waals surface area (Å²) < 4.78 is 19.4. The van der Waals surface area contributed by atoms with Crippen molar-refractivity contribution in [3.8, 4) is 5.75 Å². The molecule has 1 saturated carbocycles. The van der Waals surface area contributed by atoms with Gasteiger partial charge in [0.15, 0.2) is 0 Å². The van der Waals surface area contributed by atoms with E-state index < -0.39 is 0 Å². The molecule has 1 aromatic rings. The highest BCUT2D eigenvalue weighted by Gasteiger charge is 2.30. The quantitative estimate of drug-likeness (QED) is 0.542. The van der Waals surface area contributed by atoms with Crippen molar-refractivity contribution in [2.24, 2.45) is 5.41 Å². The molecule has 0 spiro atoms. The Balaban J connectivity index is 2.00. The van der Waals surface area contributed by atoms with E-state index in [1.165, 1.54) is 44.6 Å². The van der Waals surface area contributed by atoms with Crippen LogP contribution in [0.2, 0.25) is 0 Å². The Bertz CT molecular complexity index is 411. The maximum Gasteiger partial charge on any atom is 0.129 e. The lowest BCUT2D eigenvalue weighted by molar-refractivity contribution is 0.149. The van der Waals surface area contributed by atoms with Crippen LogP contribution in [-0.4, -0.2) is 11.9 Å². The molecule has 1 aromatic carbocycles. The molecule has 19 heavy (non-hydrogen) atoms. The monoisotopic (exact) mass is 328 g/mol. The van der Waals surface area contributed by atoms with Crippen molar-refractivity contribution in [2.45, 2.75) is 45.4 Å². The second-order valence-electron chi connectivity index (χ2n) is 5.75. The standard InChI is InChI=1S/C16H22BrFO/c1-13-6-7-14(10-15(13)18)19-12-16(11-17)8-4-2-3-5-9-16/h6-7,10H,2-5,8-9,11-12H2,1H3. The number of rotatable bonds is 4. The number of aryl methyl sites for hydroxylation is 1. The van der Waals surface area contributed by atoms with Gasteiger partial charge >= 0.3 is 0 Å². The zero-order valence-corrected chi connectivity index (χ0v) is 13.1. The van der Waals surface area contributed by atoms with Gasteiger partial charge in [-0.05, 0) is 31.4 Å². The molecule has 0 amide bonds. The molecule has 0 radical (unpaired) electrons. The van der Waals surface area contributed by atoms with Crippen LogP contribution in [0.4, 0.5) is 4.39 Å². The van der Waals surface area contributed by atoms with Gasteiger partial charge in [-0.15, -0.1) is 0 Å². The van der Waals surface area contributed by atoms with Crippen molar-refractivity contribution in [3.63, 3.8) is 0 Å². The van der Waals surface area contributed by atoms with E-state index in [1.54, 1.807) is 13.0 Å². The number of ether oxygens (including phenoxy) is 1. The third-order valence-electron chi connectivity index (χ3n) is 4.14. The maximum absolute atomic E-state index is 13.5. The van der Waals surface area contributed by atoms with E-state index in [4.69, 9.17) is 4.74 Å². The van der Waals surface area contributed by atoms with Gasteiger partial charge in [0.1, 0.15) is 11.6 Å². The molecular weight excluding hydrogens is 307 g/mol. The summed E-state index contributed by atoms with van der Waals surface area (Å²) in [6, 6.07) is 5.13. The fraction of sp³-hybridized carbons (Fsp3) is 0.625. The van der Waals surface area contributed by atoms with E-state index in [0.29, 0.717) is 17.9 Å². The molecule has 0 unspecified atom stereocenters. The molecule has 0 heterocycles. The molecule has 3 heteroatoms. The van der Waals surface area contributed by atoms with Gasteiger partial charge in [0.05, 0.1) is 6.61 Å². The van der Waals surface area contributed by atoms with Crippen molar-refractivity contribution in [2.75, 3.05) is 11.9 Å². The zero-order valence-electron chi connectivity index (χ0n) is 11.6. The highest BCUT2D eigenvalue weighted by atomic mass is 79.9. The van der Waals surface area contributed by atoms with Gasteiger partial charge in [-0.2, -0.15) is 0 Å². The topological polar surface area (TPSA) is 9.23 Å². The fourth-order valence-corrected chi connectivity index (χ4v) is 3.42. The Morgan fingerprint density at radius 3 is 2.47 bits per heavy atom. The van der Waals surface area contributed by atoms with Crippen LogP contribution in [0.25, 0.3) is 0 Å². The van der Waals surface area contributed by atoms with E-state index in [-0.39, 0.29) is 11.2 Å². The summed E-state index contributed by atoms with van der Waals surface area (Å²) in [5, 5.41) is 0.967. The average molecular weight is 329 g/mol. The predicted molar refractivity (Wildman–Crippen MR) is 80.6 cm³/mol. The lowest BCUT2D eigenvalue weighted by Crippen LogP contribution is -2.30. The number of hydrogen-bond acceptors (Lipinski definition) is 1. The van der Waals surface area contributed by atoms with Gasteiger partial charge in [-0.25, -0.2) is 4.39 Å². The van der Waals surface area contributed by atoms with Gasteiger partial charge in [0.2, 0.25) is 0 Å². The number of alkyl halides is 1. The van der Waals surface area contributed by atoms with E-state index in [0.717, 1.165) is 5.33 Å². The minimum atomic E-state index is -0.189. The molecule has 106 valence electrons. The van der Waals surface area contributed by atoms with Crippen LogP contribution in [0.5, 0.6) is 5.75 Å². The van der Waals surface area contributed by atoms with Gasteiger partial charge in [0, 0.05) is 16.8 Å². The minimum Gasteiger partial charge on any atom is -0.493 e. The van der Waals surface area contributed by atoms with Gasteiger partial charge in [0.25, 0.3) is 0 Å². The first-order chi connectivity index (χ1) is 9.15. The summed E-state index contributed by atoms with van der Waals surface area (Å²) in [5.41, 5.74) is 0.884. The summed E-state index contributed by atoms with van der Waals surface area (Å²) in [4.78, 5) is 0. The first-order valence-electron chi connectivity index (χ1n) is 7.10. The first kappa shape index (κ1) is 14.8. The molecule has 1 aliphatic rings. The minimum absolute atomic E-state index is 0.189. The molecule has 1 fully saturated rings. The summed E-state index contributed by atoms with van der Waals surface area (Å²) in [5.74, 6) is 0.457. The molecule has 1 aliphatic carbocycles. The van der Waals surface area contributed by atoms with E-state index >= 15 is 0 Å². The lowest BCUT2D eigenvalue weighted by Gasteiger charge is -2.30. The molecule has 0 aliphatic heterocycles. The van der Waals surface area contributed by atoms with E-state index in [1.807, 2.05) is 6.07 Å². The third kappa shape index (κ3) is 3.95. The van der Waals surface area contributed by atoms with Gasteiger partial charge in [-0.3, -0.25) is 0 Å². The second kappa shape index (κ2) is 6.74. The largest absolute Gasteiger partial charge is 0.493 e. The van der Waals surface area contributed by atoms with Gasteiger partial charge in [-0.1, -0.05) is 47.7 Å². The summed E-state index contributed by atoms with van der Waals surface area (Å²) in [6.45, 7) is 2.45. The summed E-state index contributed by atoms with van der Waals surface area (Å²) >= 11 is 3.65. The first-order valence-corrected chi connectivity index (χ1v) is 8.22. The zero-order chi connectivity index (χ0) is 13.7. The van der Waals surface area contributed by atoms with Crippen LogP contribution in [0.1, 0.15) is 44.1 Å². The molecule has 0 N–H and O–H groups in total. The van der Waals surface area contributed by atoms with Crippen molar-refractivity contribution in [1.82, 2.24) is 0 Å². The molecule has 0 aromatic heterocycles. The Kier molecular flexibility index (Phi) is 5.26. The molecule has 2 rings (SSSR count). The van der Waals surface area contributed by atoms with Crippen LogP contribution in [0, 0.1) is 18.2 Å². The molecule has 0 atom stereocenters. The van der Waals surface area contributed by atoms with Crippen molar-refractivity contribution >= 4 is 15.9 Å². The summed E-state index contributed by atoms with van der Waals surface area (Å²) in [6.07, 6.45) is 7.61. The van der Waals surface area contributed by atoms with Crippen LogP contribution in [-0.2, 0) is 0 Å². The normalized spacial score (nSPS) is 18.9. The van der Waals surface area contributed by atoms with Crippen molar-refractivity contribution in [3.05, 3.63) is 29.6 Å². The smallest absolute Gasteiger partial charge is 0.129 e. The Hall–Kier alpha value is -0.570. The Morgan fingerprint density at radius 2 is 1.89 bits per heavy atom. The average Bonchev–Trinajstić information content (AvgIpc) is 2.66. The van der Waals surface area contributed by atoms with Crippen LogP contribution < -0.4 is 4.74 Å². The maximum atomic E-state index is 13.5. The third-order valence-corrected chi connectivity index (χ3v) is 5.33. The van der Waals surface area contributed by atoms with E-state index in [9.17, 15) is 4.39 Å². The van der Waals surface area contributed by atoms with Crippen LogP contribution in [0.3, 0.4) is 0 Å². The van der Waals surface area contributed by atoms with Gasteiger partial charge < -0.3 is 4.74 Å². The molecule has 0 bridgehead atoms. The van der Waals surface area contributed by atoms with Crippen LogP contribution in [0.15, 0.2) is 18.2 Å². The Morgan fingerprint density at radius 1 is 1.21 bits per heavy atom. The highest BCUT2D eigenvalue weighted by Crippen LogP contribution is 2.37. The number of hydrogen-bond donors (Lipinski definition) is 0. The van der Waals surface area contributed by atoms with Crippen molar-refractivity contribution in [1.29, 1.82) is 0 Å². The molecular formula is C16H22BrFO. The second-order valence-corrected chi connectivity index (χ2v) is 6.31. The summed E-state index contributed by atoms with van der Waals surface area (Å²) in [7, 11) is 0. The highest BCUT2D eigenvalue weighted by molar-refractivity contribution is 9.09. The SMILES string of the molecule is Cc1ccc(OCC2(CBr)CCCCCC2)cc1F. The Labute approximate surface area is 123 Å². The predicted octanol–water partition coefficient (Wildman–Crippen LogP) is 5.25. The van der Waals surface area contributed by atoms with E-state index in [2.05, 4.69) is 15.9 Å². The lowest BCUT2D eigenvalue weighted by atomic mass is 9.83. The fourth-order valence-electron chi connectivity index (χ4n) is 2.69. The number of benzene rings is 1. The molecule has 0 saturated heterocycles.